The number of aromatic nitrogens is 1. The number of nitrogens with zero attached hydrogens (tertiary/aromatic N) is 1. The number of aryl methyl sites for hydroxylation is 1. The summed E-state index contributed by atoms with van der Waals surface area (Å²) in [6.45, 7) is 6.21. The molecule has 0 N–H and O–H groups in total. The molecule has 0 aliphatic rings. The zero-order chi connectivity index (χ0) is 8.59. The van der Waals surface area contributed by atoms with Gasteiger partial charge in [0.1, 0.15) is 5.76 Å². The van der Waals surface area contributed by atoms with Gasteiger partial charge in [-0.15, -0.1) is 0 Å². The zero-order valence-electron chi connectivity index (χ0n) is 7.34. The van der Waals surface area contributed by atoms with Gasteiger partial charge in [-0.05, 0) is 25.1 Å². The highest BCUT2D eigenvalue weighted by Gasteiger charge is 2.10. The van der Waals surface area contributed by atoms with Gasteiger partial charge in [0.2, 0.25) is 0 Å². The fraction of sp³-hybridized carbons (Fsp3) is 0.625. The van der Waals surface area contributed by atoms with Crippen LogP contribution in [-0.4, -0.2) is 4.57 Å². The van der Waals surface area contributed by atoms with Gasteiger partial charge in [0, 0.05) is 7.05 Å². The minimum atomic E-state index is 0.473. The highest BCUT2D eigenvalue weighted by atomic mass is 32.1. The molecule has 0 radical (unpaired) electrons. The van der Waals surface area contributed by atoms with Gasteiger partial charge in [0.25, 0.3) is 4.84 Å². The third-order valence-electron chi connectivity index (χ3n) is 1.78. The second kappa shape index (κ2) is 2.81. The van der Waals surface area contributed by atoms with Crippen LogP contribution in [0, 0.1) is 11.8 Å². The Hall–Kier alpha value is -0.570. The van der Waals surface area contributed by atoms with Crippen molar-refractivity contribution in [1.29, 1.82) is 0 Å². The SMILES string of the molecule is Cc1oc(=S)n(C)c1C(C)C. The van der Waals surface area contributed by atoms with E-state index in [1.54, 1.807) is 0 Å². The maximum atomic E-state index is 5.28. The largest absolute Gasteiger partial charge is 0.435 e. The molecule has 0 saturated carbocycles. The molecule has 0 saturated heterocycles. The summed E-state index contributed by atoms with van der Waals surface area (Å²) in [5.74, 6) is 1.41. The molecule has 0 unspecified atom stereocenters. The summed E-state index contributed by atoms with van der Waals surface area (Å²) in [5.41, 5.74) is 1.19. The van der Waals surface area contributed by atoms with E-state index in [-0.39, 0.29) is 0 Å². The molecule has 1 aromatic heterocycles. The van der Waals surface area contributed by atoms with Crippen molar-refractivity contribution in [1.82, 2.24) is 4.57 Å². The monoisotopic (exact) mass is 171 g/mol. The average molecular weight is 171 g/mol. The quantitative estimate of drug-likeness (QED) is 0.605. The van der Waals surface area contributed by atoms with Crippen molar-refractivity contribution in [3.8, 4) is 0 Å². The molecule has 0 aromatic carbocycles. The molecule has 1 heterocycles. The molecule has 0 aliphatic carbocycles. The topological polar surface area (TPSA) is 18.1 Å². The van der Waals surface area contributed by atoms with Gasteiger partial charge >= 0.3 is 0 Å². The summed E-state index contributed by atoms with van der Waals surface area (Å²) in [6, 6.07) is 0. The van der Waals surface area contributed by atoms with Crippen molar-refractivity contribution >= 4 is 12.2 Å². The molecule has 1 rings (SSSR count). The van der Waals surface area contributed by atoms with Gasteiger partial charge < -0.3 is 8.98 Å². The first kappa shape index (κ1) is 8.53. The predicted molar refractivity (Wildman–Crippen MR) is 47.3 cm³/mol. The van der Waals surface area contributed by atoms with Crippen LogP contribution in [0.3, 0.4) is 0 Å². The number of rotatable bonds is 1. The van der Waals surface area contributed by atoms with Crippen LogP contribution in [-0.2, 0) is 7.05 Å². The van der Waals surface area contributed by atoms with Crippen LogP contribution in [0.4, 0.5) is 0 Å². The van der Waals surface area contributed by atoms with Crippen LogP contribution < -0.4 is 0 Å². The molecule has 0 atom stereocenters. The first-order valence-corrected chi connectivity index (χ1v) is 4.11. The summed E-state index contributed by atoms with van der Waals surface area (Å²) >= 11 is 4.98. The lowest BCUT2D eigenvalue weighted by Gasteiger charge is -2.04. The fourth-order valence-electron chi connectivity index (χ4n) is 1.38. The Balaban J connectivity index is 3.34. The van der Waals surface area contributed by atoms with Crippen molar-refractivity contribution in [2.75, 3.05) is 0 Å². The van der Waals surface area contributed by atoms with Crippen LogP contribution in [0.2, 0.25) is 0 Å². The minimum Gasteiger partial charge on any atom is -0.435 e. The molecular formula is C8H13NOS. The van der Waals surface area contributed by atoms with E-state index in [0.29, 0.717) is 10.8 Å². The minimum absolute atomic E-state index is 0.473. The average Bonchev–Trinajstić information content (AvgIpc) is 2.07. The zero-order valence-corrected chi connectivity index (χ0v) is 8.16. The Bertz CT molecular complexity index is 308. The van der Waals surface area contributed by atoms with E-state index < -0.39 is 0 Å². The van der Waals surface area contributed by atoms with Crippen LogP contribution in [0.15, 0.2) is 4.42 Å². The fourth-order valence-corrected chi connectivity index (χ4v) is 1.60. The lowest BCUT2D eigenvalue weighted by Crippen LogP contribution is -1.99. The summed E-state index contributed by atoms with van der Waals surface area (Å²) < 4.78 is 7.21. The molecule has 1 aromatic rings. The predicted octanol–water partition coefficient (Wildman–Crippen LogP) is 2.78. The maximum absolute atomic E-state index is 5.28. The molecule has 0 spiro atoms. The van der Waals surface area contributed by atoms with Gasteiger partial charge in [-0.1, -0.05) is 13.8 Å². The molecule has 11 heavy (non-hydrogen) atoms. The van der Waals surface area contributed by atoms with Crippen LogP contribution in [0.5, 0.6) is 0 Å². The first-order chi connectivity index (χ1) is 5.04. The van der Waals surface area contributed by atoms with Crippen LogP contribution >= 0.6 is 12.2 Å². The molecule has 0 amide bonds. The molecular weight excluding hydrogens is 158 g/mol. The normalized spacial score (nSPS) is 11.0. The van der Waals surface area contributed by atoms with E-state index >= 15 is 0 Å². The Morgan fingerprint density at radius 3 is 2.18 bits per heavy atom. The highest BCUT2D eigenvalue weighted by Crippen LogP contribution is 2.19. The Morgan fingerprint density at radius 2 is 2.00 bits per heavy atom. The third kappa shape index (κ3) is 1.38. The van der Waals surface area contributed by atoms with E-state index in [1.165, 1.54) is 5.69 Å². The summed E-state index contributed by atoms with van der Waals surface area (Å²) in [6.07, 6.45) is 0. The van der Waals surface area contributed by atoms with Crippen LogP contribution in [0.1, 0.15) is 31.2 Å². The Labute approximate surface area is 71.8 Å². The van der Waals surface area contributed by atoms with Gasteiger partial charge in [-0.3, -0.25) is 0 Å². The number of hydrogen-bond donors (Lipinski definition) is 0. The van der Waals surface area contributed by atoms with Gasteiger partial charge in [-0.2, -0.15) is 0 Å². The summed E-state index contributed by atoms with van der Waals surface area (Å²) in [5, 5.41) is 0. The van der Waals surface area contributed by atoms with Gasteiger partial charge in [0.05, 0.1) is 5.69 Å². The number of hydrogen-bond acceptors (Lipinski definition) is 2. The van der Waals surface area contributed by atoms with Gasteiger partial charge in [0.15, 0.2) is 0 Å². The summed E-state index contributed by atoms with van der Waals surface area (Å²) in [4.78, 5) is 0.561. The van der Waals surface area contributed by atoms with E-state index in [0.717, 1.165) is 5.76 Å². The summed E-state index contributed by atoms with van der Waals surface area (Å²) in [7, 11) is 1.94. The second-order valence-electron chi connectivity index (χ2n) is 3.02. The lowest BCUT2D eigenvalue weighted by atomic mass is 10.1. The van der Waals surface area contributed by atoms with Crippen LogP contribution in [0.25, 0.3) is 0 Å². The molecule has 62 valence electrons. The van der Waals surface area contributed by atoms with Crippen molar-refractivity contribution in [2.45, 2.75) is 26.7 Å². The van der Waals surface area contributed by atoms with E-state index in [2.05, 4.69) is 13.8 Å². The van der Waals surface area contributed by atoms with Crippen molar-refractivity contribution in [2.24, 2.45) is 7.05 Å². The lowest BCUT2D eigenvalue weighted by molar-refractivity contribution is 0.497. The van der Waals surface area contributed by atoms with Crippen molar-refractivity contribution in [3.05, 3.63) is 16.3 Å². The standard InChI is InChI=1S/C8H13NOS/c1-5(2)7-6(3)10-8(11)9(7)4/h5H,1-4H3. The molecule has 3 heteroatoms. The molecule has 0 aliphatic heterocycles. The van der Waals surface area contributed by atoms with Crippen molar-refractivity contribution < 1.29 is 4.42 Å². The smallest absolute Gasteiger partial charge is 0.268 e. The Kier molecular flexibility index (Phi) is 2.18. The van der Waals surface area contributed by atoms with E-state index in [9.17, 15) is 0 Å². The van der Waals surface area contributed by atoms with Gasteiger partial charge in [-0.25, -0.2) is 0 Å². The highest BCUT2D eigenvalue weighted by molar-refractivity contribution is 7.71. The van der Waals surface area contributed by atoms with Crippen molar-refractivity contribution in [3.63, 3.8) is 0 Å². The molecule has 0 bridgehead atoms. The van der Waals surface area contributed by atoms with E-state index in [4.69, 9.17) is 16.6 Å². The molecule has 2 nitrogen and oxygen atoms in total. The first-order valence-electron chi connectivity index (χ1n) is 3.70. The second-order valence-corrected chi connectivity index (χ2v) is 3.37. The molecule has 0 fully saturated rings. The third-order valence-corrected chi connectivity index (χ3v) is 2.14. The Morgan fingerprint density at radius 1 is 1.45 bits per heavy atom. The van der Waals surface area contributed by atoms with E-state index in [1.807, 2.05) is 18.5 Å². The number of oxazole rings is 1. The maximum Gasteiger partial charge on any atom is 0.268 e.